The summed E-state index contributed by atoms with van der Waals surface area (Å²) in [7, 11) is 2.59. The minimum atomic E-state index is -0.920. The van der Waals surface area contributed by atoms with E-state index in [1.54, 1.807) is 4.90 Å². The standard InChI is InChI=1S/C24H24BrF2N5O4/c1-35-23(33)19-18(13-31-8-10-32(11-9-31)24(34)36-2)29-22(21-17(27)4-3-7-28-21)30-20(19)15-6-5-14(26)12-16(15)25/h3-7,12,20H,8-11,13H2,1-2H3,(H,29,30). The number of esters is 1. The molecule has 1 saturated heterocycles. The fourth-order valence-electron chi connectivity index (χ4n) is 4.14. The van der Waals surface area contributed by atoms with E-state index in [9.17, 15) is 18.4 Å². The molecule has 1 amide bonds. The average Bonchev–Trinajstić information content (AvgIpc) is 2.88. The molecule has 1 unspecified atom stereocenters. The first-order valence-corrected chi connectivity index (χ1v) is 11.9. The number of nitrogens with zero attached hydrogens (tertiary/aromatic N) is 4. The van der Waals surface area contributed by atoms with Crippen molar-refractivity contribution in [1.82, 2.24) is 20.1 Å². The number of aromatic nitrogens is 1. The van der Waals surface area contributed by atoms with Gasteiger partial charge >= 0.3 is 12.1 Å². The Kier molecular flexibility index (Phi) is 7.94. The van der Waals surface area contributed by atoms with Crippen molar-refractivity contribution in [2.24, 2.45) is 4.99 Å². The molecule has 1 fully saturated rings. The summed E-state index contributed by atoms with van der Waals surface area (Å²) in [5.41, 5.74) is 1.14. The summed E-state index contributed by atoms with van der Waals surface area (Å²) in [5, 5.41) is 3.09. The molecule has 36 heavy (non-hydrogen) atoms. The number of hydrogen-bond donors (Lipinski definition) is 1. The van der Waals surface area contributed by atoms with Gasteiger partial charge in [-0.1, -0.05) is 22.0 Å². The topological polar surface area (TPSA) is 96.4 Å². The Labute approximate surface area is 214 Å². The number of hydrogen-bond acceptors (Lipinski definition) is 8. The number of ether oxygens (including phenoxy) is 2. The lowest BCUT2D eigenvalue weighted by molar-refractivity contribution is -0.136. The van der Waals surface area contributed by atoms with Gasteiger partial charge in [-0.3, -0.25) is 9.89 Å². The summed E-state index contributed by atoms with van der Waals surface area (Å²) in [6.45, 7) is 2.18. The second-order valence-corrected chi connectivity index (χ2v) is 8.98. The van der Waals surface area contributed by atoms with E-state index in [4.69, 9.17) is 9.47 Å². The van der Waals surface area contributed by atoms with E-state index in [2.05, 4.69) is 31.2 Å². The smallest absolute Gasteiger partial charge is 0.409 e. The van der Waals surface area contributed by atoms with Crippen LogP contribution in [0.1, 0.15) is 17.3 Å². The van der Waals surface area contributed by atoms with Crippen LogP contribution in [-0.4, -0.2) is 79.6 Å². The summed E-state index contributed by atoms with van der Waals surface area (Å²) in [6.07, 6.45) is 1.04. The van der Waals surface area contributed by atoms with Crippen LogP contribution >= 0.6 is 15.9 Å². The maximum absolute atomic E-state index is 14.7. The van der Waals surface area contributed by atoms with E-state index in [0.717, 1.165) is 0 Å². The van der Waals surface area contributed by atoms with E-state index < -0.39 is 29.7 Å². The number of carbonyl (C=O) groups excluding carboxylic acids is 2. The lowest BCUT2D eigenvalue weighted by Crippen LogP contribution is -2.50. The van der Waals surface area contributed by atoms with Crippen molar-refractivity contribution in [3.63, 3.8) is 0 Å². The van der Waals surface area contributed by atoms with Crippen molar-refractivity contribution in [1.29, 1.82) is 0 Å². The fourth-order valence-corrected chi connectivity index (χ4v) is 4.71. The Balaban J connectivity index is 1.75. The van der Waals surface area contributed by atoms with Gasteiger partial charge in [-0.2, -0.15) is 0 Å². The molecule has 2 aliphatic heterocycles. The predicted molar refractivity (Wildman–Crippen MR) is 130 cm³/mol. The van der Waals surface area contributed by atoms with Crippen molar-refractivity contribution in [3.8, 4) is 0 Å². The Morgan fingerprint density at radius 3 is 2.53 bits per heavy atom. The van der Waals surface area contributed by atoms with Crippen molar-refractivity contribution >= 4 is 33.8 Å². The van der Waals surface area contributed by atoms with E-state index in [1.807, 2.05) is 4.90 Å². The zero-order chi connectivity index (χ0) is 25.8. The van der Waals surface area contributed by atoms with E-state index in [-0.39, 0.29) is 23.6 Å². The summed E-state index contributed by atoms with van der Waals surface area (Å²) < 4.78 is 38.8. The third-order valence-electron chi connectivity index (χ3n) is 5.96. The Morgan fingerprint density at radius 2 is 1.89 bits per heavy atom. The van der Waals surface area contributed by atoms with Crippen molar-refractivity contribution in [2.45, 2.75) is 6.04 Å². The number of amidine groups is 1. The second-order valence-electron chi connectivity index (χ2n) is 8.12. The molecule has 3 heterocycles. The van der Waals surface area contributed by atoms with Crippen molar-refractivity contribution in [2.75, 3.05) is 46.9 Å². The molecular formula is C24H24BrF2N5O4. The maximum Gasteiger partial charge on any atom is 0.409 e. The molecule has 4 rings (SSSR count). The third kappa shape index (κ3) is 5.39. The summed E-state index contributed by atoms with van der Waals surface area (Å²) in [6, 6.07) is 5.86. The minimum Gasteiger partial charge on any atom is -0.466 e. The number of nitrogens with one attached hydrogen (secondary N) is 1. The van der Waals surface area contributed by atoms with E-state index in [0.29, 0.717) is 41.9 Å². The van der Waals surface area contributed by atoms with Gasteiger partial charge < -0.3 is 19.7 Å². The zero-order valence-electron chi connectivity index (χ0n) is 19.6. The third-order valence-corrected chi connectivity index (χ3v) is 6.64. The molecule has 0 saturated carbocycles. The average molecular weight is 564 g/mol. The minimum absolute atomic E-state index is 0.0161. The lowest BCUT2D eigenvalue weighted by atomic mass is 9.95. The van der Waals surface area contributed by atoms with Gasteiger partial charge in [0, 0.05) is 49.1 Å². The zero-order valence-corrected chi connectivity index (χ0v) is 21.2. The SMILES string of the molecule is COC(=O)C1=C(CN2CCN(C(=O)OC)CC2)NC(c2ncccc2F)=NC1c1ccc(F)cc1Br. The summed E-state index contributed by atoms with van der Waals surface area (Å²) in [4.78, 5) is 37.2. The van der Waals surface area contributed by atoms with Gasteiger partial charge in [0.2, 0.25) is 0 Å². The van der Waals surface area contributed by atoms with E-state index >= 15 is 0 Å². The number of rotatable bonds is 5. The highest BCUT2D eigenvalue weighted by atomic mass is 79.9. The fraction of sp³-hybridized carbons (Fsp3) is 0.333. The van der Waals surface area contributed by atoms with Crippen LogP contribution in [0.4, 0.5) is 13.6 Å². The number of pyridine rings is 1. The van der Waals surface area contributed by atoms with Gasteiger partial charge in [0.15, 0.2) is 11.7 Å². The number of amides is 1. The van der Waals surface area contributed by atoms with Gasteiger partial charge in [-0.15, -0.1) is 0 Å². The van der Waals surface area contributed by atoms with Crippen LogP contribution in [0.25, 0.3) is 0 Å². The molecule has 1 atom stereocenters. The van der Waals surface area contributed by atoms with Gasteiger partial charge in [0.25, 0.3) is 0 Å². The molecule has 12 heteroatoms. The van der Waals surface area contributed by atoms with Crippen LogP contribution in [0.3, 0.4) is 0 Å². The van der Waals surface area contributed by atoms with Crippen LogP contribution in [0, 0.1) is 11.6 Å². The van der Waals surface area contributed by atoms with Gasteiger partial charge in [0.1, 0.15) is 17.6 Å². The first-order chi connectivity index (χ1) is 17.3. The molecule has 190 valence electrons. The monoisotopic (exact) mass is 563 g/mol. The predicted octanol–water partition coefficient (Wildman–Crippen LogP) is 3.02. The number of carbonyl (C=O) groups is 2. The summed E-state index contributed by atoms with van der Waals surface area (Å²) >= 11 is 3.36. The molecule has 1 aromatic carbocycles. The Bertz CT molecular complexity index is 1230. The Morgan fingerprint density at radius 1 is 1.14 bits per heavy atom. The molecule has 9 nitrogen and oxygen atoms in total. The molecule has 1 N–H and O–H groups in total. The first-order valence-electron chi connectivity index (χ1n) is 11.1. The first kappa shape index (κ1) is 25.7. The van der Waals surface area contributed by atoms with Gasteiger partial charge in [-0.25, -0.2) is 23.4 Å². The highest BCUT2D eigenvalue weighted by molar-refractivity contribution is 9.10. The summed E-state index contributed by atoms with van der Waals surface area (Å²) in [5.74, 6) is -1.55. The normalized spacial score (nSPS) is 18.4. The molecule has 0 bridgehead atoms. The molecule has 2 aliphatic rings. The number of aliphatic imine (C=N–C) groups is 1. The number of methoxy groups -OCH3 is 2. The van der Waals surface area contributed by atoms with Crippen molar-refractivity contribution < 1.29 is 27.8 Å². The molecule has 0 aliphatic carbocycles. The number of halogens is 3. The molecule has 2 aromatic rings. The lowest BCUT2D eigenvalue weighted by Gasteiger charge is -2.36. The van der Waals surface area contributed by atoms with Crippen LogP contribution in [-0.2, 0) is 14.3 Å². The van der Waals surface area contributed by atoms with Crippen LogP contribution in [0.5, 0.6) is 0 Å². The van der Waals surface area contributed by atoms with Gasteiger partial charge in [-0.05, 0) is 29.8 Å². The maximum atomic E-state index is 14.7. The molecule has 0 radical (unpaired) electrons. The van der Waals surface area contributed by atoms with E-state index in [1.165, 1.54) is 50.7 Å². The Hall–Kier alpha value is -3.38. The number of benzene rings is 1. The van der Waals surface area contributed by atoms with Crippen LogP contribution in [0.2, 0.25) is 0 Å². The van der Waals surface area contributed by atoms with Crippen LogP contribution in [0.15, 0.2) is 57.3 Å². The van der Waals surface area contributed by atoms with Crippen molar-refractivity contribution in [3.05, 3.63) is 75.2 Å². The molecule has 0 spiro atoms. The number of piperazine rings is 1. The van der Waals surface area contributed by atoms with Gasteiger partial charge in [0.05, 0.1) is 19.8 Å². The molecular weight excluding hydrogens is 540 g/mol. The largest absolute Gasteiger partial charge is 0.466 e. The highest BCUT2D eigenvalue weighted by Crippen LogP contribution is 2.36. The molecule has 1 aromatic heterocycles. The highest BCUT2D eigenvalue weighted by Gasteiger charge is 2.35. The van der Waals surface area contributed by atoms with Crippen LogP contribution < -0.4 is 5.32 Å². The second kappa shape index (κ2) is 11.1. The quantitative estimate of drug-likeness (QED) is 0.558.